The number of hydrogen-bond donors (Lipinski definition) is 1. The molecule has 3 aromatic rings. The van der Waals surface area contributed by atoms with E-state index in [1.807, 2.05) is 42.2 Å². The van der Waals surface area contributed by atoms with E-state index >= 15 is 0 Å². The van der Waals surface area contributed by atoms with Crippen LogP contribution < -0.4 is 14.2 Å². The van der Waals surface area contributed by atoms with Crippen LogP contribution >= 0.6 is 11.6 Å². The fourth-order valence-electron chi connectivity index (χ4n) is 3.99. The number of aliphatic hydroxyl groups is 1. The zero-order valence-corrected chi connectivity index (χ0v) is 20.9. The normalized spacial score (nSPS) is 18.7. The van der Waals surface area contributed by atoms with Gasteiger partial charge in [-0.15, -0.1) is 0 Å². The van der Waals surface area contributed by atoms with Crippen molar-refractivity contribution in [2.24, 2.45) is 0 Å². The highest BCUT2D eigenvalue weighted by atomic mass is 35.5. The zero-order valence-electron chi connectivity index (χ0n) is 20.2. The number of aryl methyl sites for hydroxylation is 1. The second-order valence-corrected chi connectivity index (χ2v) is 9.28. The van der Waals surface area contributed by atoms with E-state index in [2.05, 4.69) is 10.00 Å². The number of ether oxygens (including phenoxy) is 4. The third-order valence-corrected chi connectivity index (χ3v) is 5.99. The molecule has 2 heterocycles. The molecule has 1 fully saturated rings. The van der Waals surface area contributed by atoms with Crippen LogP contribution in [0.15, 0.2) is 54.9 Å². The number of aromatic nitrogens is 2. The van der Waals surface area contributed by atoms with Crippen molar-refractivity contribution in [2.45, 2.75) is 25.6 Å². The molecule has 188 valence electrons. The van der Waals surface area contributed by atoms with Gasteiger partial charge in [0.15, 0.2) is 11.5 Å². The number of halogens is 1. The highest BCUT2D eigenvalue weighted by Crippen LogP contribution is 2.29. The van der Waals surface area contributed by atoms with Crippen molar-refractivity contribution >= 4 is 11.6 Å². The molecule has 1 aliphatic heterocycles. The Morgan fingerprint density at radius 1 is 1.14 bits per heavy atom. The molecular formula is C26H32ClN3O5. The lowest BCUT2D eigenvalue weighted by molar-refractivity contribution is -0.0646. The molecule has 1 aromatic heterocycles. The molecule has 0 spiro atoms. The van der Waals surface area contributed by atoms with Crippen LogP contribution in [0.2, 0.25) is 5.02 Å². The summed E-state index contributed by atoms with van der Waals surface area (Å²) in [6.07, 6.45) is 3.81. The minimum Gasteiger partial charge on any atom is -0.493 e. The van der Waals surface area contributed by atoms with Gasteiger partial charge in [0.1, 0.15) is 24.6 Å². The van der Waals surface area contributed by atoms with Gasteiger partial charge in [-0.1, -0.05) is 17.7 Å². The van der Waals surface area contributed by atoms with Gasteiger partial charge in [0.05, 0.1) is 33.1 Å². The Bertz CT molecular complexity index is 1090. The molecule has 1 N–H and O–H groups in total. The van der Waals surface area contributed by atoms with E-state index in [0.29, 0.717) is 61.7 Å². The number of nitrogens with zero attached hydrogens (tertiary/aromatic N) is 3. The van der Waals surface area contributed by atoms with E-state index in [9.17, 15) is 5.11 Å². The van der Waals surface area contributed by atoms with Crippen molar-refractivity contribution in [2.75, 3.05) is 46.6 Å². The minimum atomic E-state index is -1.13. The Hall–Kier alpha value is -2.78. The summed E-state index contributed by atoms with van der Waals surface area (Å²) in [5, 5.41) is 16.1. The summed E-state index contributed by atoms with van der Waals surface area (Å²) >= 11 is 5.94. The van der Waals surface area contributed by atoms with Gasteiger partial charge in [-0.25, -0.2) is 0 Å². The van der Waals surface area contributed by atoms with E-state index in [0.717, 1.165) is 11.1 Å². The van der Waals surface area contributed by atoms with Crippen molar-refractivity contribution in [1.82, 2.24) is 14.7 Å². The molecule has 1 saturated heterocycles. The lowest BCUT2D eigenvalue weighted by Crippen LogP contribution is -2.48. The summed E-state index contributed by atoms with van der Waals surface area (Å²) in [6.45, 7) is 5.78. The Morgan fingerprint density at radius 3 is 2.71 bits per heavy atom. The summed E-state index contributed by atoms with van der Waals surface area (Å²) in [7, 11) is 1.63. The van der Waals surface area contributed by atoms with Crippen LogP contribution in [0.1, 0.15) is 11.1 Å². The van der Waals surface area contributed by atoms with Crippen LogP contribution in [0.25, 0.3) is 0 Å². The molecule has 0 aliphatic carbocycles. The first-order chi connectivity index (χ1) is 16.9. The summed E-state index contributed by atoms with van der Waals surface area (Å²) in [5.74, 6) is 2.01. The molecule has 35 heavy (non-hydrogen) atoms. The summed E-state index contributed by atoms with van der Waals surface area (Å²) < 4.78 is 24.9. The Labute approximate surface area is 210 Å². The van der Waals surface area contributed by atoms with Gasteiger partial charge in [0.25, 0.3) is 0 Å². The Kier molecular flexibility index (Phi) is 8.51. The van der Waals surface area contributed by atoms with Crippen LogP contribution in [-0.2, 0) is 17.8 Å². The van der Waals surface area contributed by atoms with E-state index < -0.39 is 5.60 Å². The van der Waals surface area contributed by atoms with Crippen LogP contribution in [0, 0.1) is 6.92 Å². The Morgan fingerprint density at radius 2 is 1.97 bits per heavy atom. The lowest BCUT2D eigenvalue weighted by Gasteiger charge is -2.30. The standard InChI is InChI=1S/C26H32ClN3O5/c1-20-14-28-30(15-20)10-12-34-24-8-3-21(13-25(24)32-2)16-29-9-11-33-18-26(31,17-29)19-35-23-6-4-22(27)5-7-23/h3-8,13-15,31H,9-12,16-19H2,1-2H3. The molecule has 1 unspecified atom stereocenters. The number of rotatable bonds is 10. The molecular weight excluding hydrogens is 470 g/mol. The van der Waals surface area contributed by atoms with Crippen molar-refractivity contribution < 1.29 is 24.1 Å². The molecule has 1 atom stereocenters. The van der Waals surface area contributed by atoms with Gasteiger partial charge in [0.2, 0.25) is 0 Å². The van der Waals surface area contributed by atoms with Crippen molar-refractivity contribution in [1.29, 1.82) is 0 Å². The molecule has 0 saturated carbocycles. The van der Waals surface area contributed by atoms with Crippen LogP contribution in [-0.4, -0.2) is 72.0 Å². The third kappa shape index (κ3) is 7.35. The minimum absolute atomic E-state index is 0.122. The second-order valence-electron chi connectivity index (χ2n) is 8.84. The molecule has 4 rings (SSSR count). The summed E-state index contributed by atoms with van der Waals surface area (Å²) in [4.78, 5) is 2.16. The van der Waals surface area contributed by atoms with Gasteiger partial charge in [0, 0.05) is 30.9 Å². The lowest BCUT2D eigenvalue weighted by atomic mass is 10.1. The maximum absolute atomic E-state index is 11.2. The van der Waals surface area contributed by atoms with Crippen molar-refractivity contribution in [3.8, 4) is 17.2 Å². The quantitative estimate of drug-likeness (QED) is 0.455. The van der Waals surface area contributed by atoms with Crippen LogP contribution in [0.3, 0.4) is 0 Å². The SMILES string of the molecule is COc1cc(CN2CCOCC(O)(COc3ccc(Cl)cc3)C2)ccc1OCCn1cc(C)cn1. The first-order valence-electron chi connectivity index (χ1n) is 11.6. The number of hydrogen-bond acceptors (Lipinski definition) is 7. The molecule has 0 bridgehead atoms. The van der Waals surface area contributed by atoms with Crippen LogP contribution in [0.4, 0.5) is 0 Å². The highest BCUT2D eigenvalue weighted by Gasteiger charge is 2.33. The van der Waals surface area contributed by atoms with Crippen molar-refractivity contribution in [3.05, 3.63) is 71.0 Å². The fraction of sp³-hybridized carbons (Fsp3) is 0.423. The average Bonchev–Trinajstić information content (AvgIpc) is 3.17. The maximum Gasteiger partial charge on any atom is 0.161 e. The van der Waals surface area contributed by atoms with Gasteiger partial charge >= 0.3 is 0 Å². The predicted molar refractivity (Wildman–Crippen MR) is 133 cm³/mol. The van der Waals surface area contributed by atoms with E-state index in [1.54, 1.807) is 31.4 Å². The van der Waals surface area contributed by atoms with Crippen LogP contribution in [0.5, 0.6) is 17.2 Å². The van der Waals surface area contributed by atoms with Crippen molar-refractivity contribution in [3.63, 3.8) is 0 Å². The molecule has 1 aliphatic rings. The van der Waals surface area contributed by atoms with E-state index in [4.69, 9.17) is 30.5 Å². The molecule has 9 heteroatoms. The van der Waals surface area contributed by atoms with Gasteiger partial charge in [-0.05, 0) is 54.4 Å². The van der Waals surface area contributed by atoms with Gasteiger partial charge < -0.3 is 24.1 Å². The molecule has 8 nitrogen and oxygen atoms in total. The predicted octanol–water partition coefficient (Wildman–Crippen LogP) is 3.57. The maximum atomic E-state index is 11.2. The smallest absolute Gasteiger partial charge is 0.161 e. The molecule has 0 amide bonds. The van der Waals surface area contributed by atoms with E-state index in [-0.39, 0.29) is 13.2 Å². The number of methoxy groups -OCH3 is 1. The fourth-order valence-corrected chi connectivity index (χ4v) is 4.12. The third-order valence-electron chi connectivity index (χ3n) is 5.74. The molecule has 2 aromatic carbocycles. The second kappa shape index (κ2) is 11.8. The first-order valence-corrected chi connectivity index (χ1v) is 12.0. The monoisotopic (exact) mass is 501 g/mol. The zero-order chi connectivity index (χ0) is 24.7. The topological polar surface area (TPSA) is 78.2 Å². The van der Waals surface area contributed by atoms with E-state index in [1.165, 1.54) is 0 Å². The largest absolute Gasteiger partial charge is 0.493 e. The average molecular weight is 502 g/mol. The Balaban J connectivity index is 1.34. The van der Waals surface area contributed by atoms with Gasteiger partial charge in [-0.2, -0.15) is 5.10 Å². The number of β-amino-alcohol motifs (C(OH)–C–C–N with tert-alkyl or cyclic N) is 1. The van der Waals surface area contributed by atoms with Gasteiger partial charge in [-0.3, -0.25) is 9.58 Å². The molecule has 0 radical (unpaired) electrons. The summed E-state index contributed by atoms with van der Waals surface area (Å²) in [5.41, 5.74) is 1.04. The number of benzene rings is 2. The highest BCUT2D eigenvalue weighted by molar-refractivity contribution is 6.30. The first kappa shape index (κ1) is 25.3. The summed E-state index contributed by atoms with van der Waals surface area (Å²) in [6, 6.07) is 13.0.